The third-order valence-electron chi connectivity index (χ3n) is 3.64. The average molecular weight is 354 g/mol. The first kappa shape index (κ1) is 13.7. The van der Waals surface area contributed by atoms with Crippen molar-refractivity contribution in [3.05, 3.63) is 50.6 Å². The monoisotopic (exact) mass is 353 g/mol. The Morgan fingerprint density at radius 1 is 1.32 bits per heavy atom. The van der Waals surface area contributed by atoms with Crippen molar-refractivity contribution < 1.29 is 0 Å². The second-order valence-electron chi connectivity index (χ2n) is 4.76. The Hall–Kier alpha value is -0.290. The van der Waals surface area contributed by atoms with Gasteiger partial charge in [-0.1, -0.05) is 18.2 Å². The summed E-state index contributed by atoms with van der Waals surface area (Å²) in [6.07, 6.45) is 1.10. The number of hydrogen-bond acceptors (Lipinski definition) is 3. The normalized spacial score (nSPS) is 19.4. The summed E-state index contributed by atoms with van der Waals surface area (Å²) < 4.78 is 1.22. The van der Waals surface area contributed by atoms with E-state index in [1.807, 2.05) is 23.1 Å². The van der Waals surface area contributed by atoms with Crippen molar-refractivity contribution in [2.45, 2.75) is 23.3 Å². The Morgan fingerprint density at radius 2 is 2.16 bits per heavy atom. The van der Waals surface area contributed by atoms with Crippen LogP contribution in [-0.2, 0) is 6.42 Å². The van der Waals surface area contributed by atoms with Crippen LogP contribution in [0.3, 0.4) is 0 Å². The molecule has 1 aliphatic heterocycles. The lowest BCUT2D eigenvalue weighted by molar-refractivity contribution is 0.492. The Labute approximate surface area is 130 Å². The Kier molecular flexibility index (Phi) is 4.32. The minimum absolute atomic E-state index is 0.515. The van der Waals surface area contributed by atoms with Crippen molar-refractivity contribution in [1.82, 2.24) is 5.32 Å². The summed E-state index contributed by atoms with van der Waals surface area (Å²) >= 11 is 7.38. The maximum Gasteiger partial charge on any atom is 0.0701 e. The van der Waals surface area contributed by atoms with Gasteiger partial charge in [-0.15, -0.1) is 23.1 Å². The molecule has 0 bridgehead atoms. The molecule has 0 saturated carbocycles. The zero-order valence-corrected chi connectivity index (χ0v) is 13.9. The molecule has 1 N–H and O–H groups in total. The molecule has 1 aliphatic rings. The van der Waals surface area contributed by atoms with Crippen molar-refractivity contribution in [1.29, 1.82) is 0 Å². The Bertz CT molecular complexity index is 567. The molecule has 2 atom stereocenters. The first-order valence-corrected chi connectivity index (χ1v) is 9.00. The predicted octanol–water partition coefficient (Wildman–Crippen LogP) is 4.53. The maximum absolute atomic E-state index is 3.55. The molecular weight excluding hydrogens is 338 g/mol. The van der Waals surface area contributed by atoms with Crippen LogP contribution in [0.2, 0.25) is 0 Å². The van der Waals surface area contributed by atoms with Gasteiger partial charge in [0.1, 0.15) is 0 Å². The highest BCUT2D eigenvalue weighted by Crippen LogP contribution is 2.41. The van der Waals surface area contributed by atoms with Gasteiger partial charge in [0.2, 0.25) is 0 Å². The average Bonchev–Trinajstić information content (AvgIpc) is 3.02. The van der Waals surface area contributed by atoms with Gasteiger partial charge in [-0.2, -0.15) is 0 Å². The number of thiophene rings is 1. The third-order valence-corrected chi connectivity index (χ3v) is 6.50. The number of likely N-dealkylation sites (N-methyl/N-ethyl adjacent to an activating group) is 1. The lowest BCUT2D eigenvalue weighted by Crippen LogP contribution is -2.34. The van der Waals surface area contributed by atoms with Crippen LogP contribution in [0.5, 0.6) is 0 Å². The van der Waals surface area contributed by atoms with E-state index in [4.69, 9.17) is 0 Å². The van der Waals surface area contributed by atoms with Crippen molar-refractivity contribution >= 4 is 39.0 Å². The summed E-state index contributed by atoms with van der Waals surface area (Å²) in [4.78, 5) is 2.90. The summed E-state index contributed by atoms with van der Waals surface area (Å²) in [6, 6.07) is 13.7. The number of benzene rings is 1. The molecule has 0 aliphatic carbocycles. The fraction of sp³-hybridized carbons (Fsp3) is 0.333. The molecule has 4 heteroatoms. The van der Waals surface area contributed by atoms with Crippen molar-refractivity contribution in [3.63, 3.8) is 0 Å². The Morgan fingerprint density at radius 3 is 2.89 bits per heavy atom. The highest BCUT2D eigenvalue weighted by atomic mass is 79.9. The second kappa shape index (κ2) is 6.00. The molecule has 19 heavy (non-hydrogen) atoms. The number of thioether (sulfide) groups is 1. The van der Waals surface area contributed by atoms with E-state index < -0.39 is 0 Å². The van der Waals surface area contributed by atoms with Gasteiger partial charge in [0.05, 0.1) is 3.79 Å². The molecule has 0 radical (unpaired) electrons. The van der Waals surface area contributed by atoms with E-state index in [9.17, 15) is 0 Å². The van der Waals surface area contributed by atoms with Crippen molar-refractivity contribution in [2.75, 3.05) is 12.8 Å². The van der Waals surface area contributed by atoms with Crippen LogP contribution in [0.1, 0.15) is 16.4 Å². The van der Waals surface area contributed by atoms with Crippen molar-refractivity contribution in [2.24, 2.45) is 0 Å². The van der Waals surface area contributed by atoms with Gasteiger partial charge >= 0.3 is 0 Å². The van der Waals surface area contributed by atoms with Crippen LogP contribution in [0.4, 0.5) is 0 Å². The van der Waals surface area contributed by atoms with Gasteiger partial charge in [0, 0.05) is 27.5 Å². The zero-order chi connectivity index (χ0) is 13.2. The van der Waals surface area contributed by atoms with Crippen LogP contribution < -0.4 is 5.32 Å². The summed E-state index contributed by atoms with van der Waals surface area (Å²) in [7, 11) is 2.08. The molecule has 0 spiro atoms. The van der Waals surface area contributed by atoms with Gasteiger partial charge in [-0.05, 0) is 53.2 Å². The number of halogens is 1. The summed E-state index contributed by atoms with van der Waals surface area (Å²) in [5, 5.41) is 3.52. The molecule has 2 unspecified atom stereocenters. The van der Waals surface area contributed by atoms with E-state index >= 15 is 0 Å². The minimum Gasteiger partial charge on any atom is -0.316 e. The molecule has 100 valence electrons. The maximum atomic E-state index is 3.55. The smallest absolute Gasteiger partial charge is 0.0701 e. The molecular formula is C15H16BrNS2. The quantitative estimate of drug-likeness (QED) is 0.866. The molecule has 0 saturated heterocycles. The standard InChI is InChI=1S/C15H16BrNS2/c1-17-13(8-10-6-7-15(16)19-10)12-9-18-14-5-3-2-4-11(12)14/h2-7,12-13,17H,8-9H2,1H3. The molecule has 0 amide bonds. The van der Waals surface area contributed by atoms with E-state index in [-0.39, 0.29) is 0 Å². The molecule has 2 aromatic rings. The topological polar surface area (TPSA) is 12.0 Å². The lowest BCUT2D eigenvalue weighted by Gasteiger charge is -2.23. The molecule has 1 aromatic carbocycles. The van der Waals surface area contributed by atoms with Gasteiger partial charge < -0.3 is 5.32 Å². The van der Waals surface area contributed by atoms with Crippen LogP contribution in [0.25, 0.3) is 0 Å². The fourth-order valence-corrected chi connectivity index (χ4v) is 5.52. The van der Waals surface area contributed by atoms with Gasteiger partial charge in [-0.3, -0.25) is 0 Å². The van der Waals surface area contributed by atoms with Gasteiger partial charge in [0.25, 0.3) is 0 Å². The van der Waals surface area contributed by atoms with E-state index in [0.717, 1.165) is 6.42 Å². The van der Waals surface area contributed by atoms with E-state index in [0.29, 0.717) is 12.0 Å². The Balaban J connectivity index is 1.80. The third kappa shape index (κ3) is 2.92. The van der Waals surface area contributed by atoms with E-state index in [2.05, 4.69) is 64.7 Å². The molecule has 2 heterocycles. The highest BCUT2D eigenvalue weighted by Gasteiger charge is 2.29. The number of nitrogens with one attached hydrogen (secondary N) is 1. The predicted molar refractivity (Wildman–Crippen MR) is 88.5 cm³/mol. The summed E-state index contributed by atoms with van der Waals surface area (Å²) in [5.74, 6) is 1.81. The highest BCUT2D eigenvalue weighted by molar-refractivity contribution is 9.11. The lowest BCUT2D eigenvalue weighted by atomic mass is 9.91. The van der Waals surface area contributed by atoms with Gasteiger partial charge in [0.15, 0.2) is 0 Å². The van der Waals surface area contributed by atoms with E-state index in [1.165, 1.54) is 24.9 Å². The number of rotatable bonds is 4. The van der Waals surface area contributed by atoms with Crippen LogP contribution >= 0.6 is 39.0 Å². The second-order valence-corrected chi connectivity index (χ2v) is 8.37. The first-order valence-electron chi connectivity index (χ1n) is 6.41. The zero-order valence-electron chi connectivity index (χ0n) is 10.7. The van der Waals surface area contributed by atoms with Crippen LogP contribution in [0, 0.1) is 0 Å². The molecule has 1 aromatic heterocycles. The summed E-state index contributed by atoms with van der Waals surface area (Å²) in [6.45, 7) is 0. The molecule has 1 nitrogen and oxygen atoms in total. The number of fused-ring (bicyclic) bond motifs is 1. The SMILES string of the molecule is CNC(Cc1ccc(Br)s1)C1CSc2ccccc21. The van der Waals surface area contributed by atoms with E-state index in [1.54, 1.807) is 0 Å². The van der Waals surface area contributed by atoms with Gasteiger partial charge in [-0.25, -0.2) is 0 Å². The number of hydrogen-bond donors (Lipinski definition) is 1. The molecule has 3 rings (SSSR count). The first-order chi connectivity index (χ1) is 9.28. The minimum atomic E-state index is 0.515. The fourth-order valence-electron chi connectivity index (χ4n) is 2.64. The van der Waals surface area contributed by atoms with Crippen LogP contribution in [0.15, 0.2) is 45.1 Å². The van der Waals surface area contributed by atoms with Crippen LogP contribution in [-0.4, -0.2) is 18.8 Å². The molecule has 0 fully saturated rings. The largest absolute Gasteiger partial charge is 0.316 e. The summed E-state index contributed by atoms with van der Waals surface area (Å²) in [5.41, 5.74) is 1.52. The van der Waals surface area contributed by atoms with Crippen molar-refractivity contribution in [3.8, 4) is 0 Å².